The molecule has 1 aromatic heterocycles. The highest BCUT2D eigenvalue weighted by atomic mass is 79.9. The number of carbonyl (C=O) groups excluding carboxylic acids is 2. The van der Waals surface area contributed by atoms with Crippen LogP contribution >= 0.6 is 15.9 Å². The highest BCUT2D eigenvalue weighted by Crippen LogP contribution is 2.23. The van der Waals surface area contributed by atoms with Gasteiger partial charge in [-0.1, -0.05) is 29.8 Å². The van der Waals surface area contributed by atoms with E-state index in [1.165, 1.54) is 0 Å². The molecule has 1 aliphatic heterocycles. The quantitative estimate of drug-likeness (QED) is 0.542. The summed E-state index contributed by atoms with van der Waals surface area (Å²) in [4.78, 5) is 23.6. The fourth-order valence-electron chi connectivity index (χ4n) is 2.81. The molecule has 1 aromatic carbocycles. The zero-order valence-electron chi connectivity index (χ0n) is 14.4. The molecule has 1 saturated heterocycles. The molecule has 1 fully saturated rings. The number of primary amides is 1. The summed E-state index contributed by atoms with van der Waals surface area (Å²) in [7, 11) is 0. The molecule has 138 valence electrons. The molecule has 0 aliphatic carbocycles. The Bertz CT molecular complexity index is 804. The van der Waals surface area contributed by atoms with Gasteiger partial charge in [-0.25, -0.2) is 10.1 Å². The molecule has 3 unspecified atom stereocenters. The van der Waals surface area contributed by atoms with Crippen LogP contribution in [0, 0.1) is 5.92 Å². The predicted molar refractivity (Wildman–Crippen MR) is 102 cm³/mol. The molecule has 8 nitrogen and oxygen atoms in total. The summed E-state index contributed by atoms with van der Waals surface area (Å²) >= 11 is 3.61. The second-order valence-corrected chi connectivity index (χ2v) is 7.58. The Kier molecular flexibility index (Phi) is 5.40. The zero-order chi connectivity index (χ0) is 18.8. The molecule has 5 N–H and O–H groups in total. The number of hydrazine groups is 1. The average molecular weight is 421 g/mol. The van der Waals surface area contributed by atoms with Gasteiger partial charge >= 0.3 is 0 Å². The minimum absolute atomic E-state index is 0.00179. The summed E-state index contributed by atoms with van der Waals surface area (Å²) in [5, 5.41) is 7.00. The van der Waals surface area contributed by atoms with E-state index in [9.17, 15) is 9.59 Å². The molecule has 3 atom stereocenters. The molecular weight excluding hydrogens is 400 g/mol. The van der Waals surface area contributed by atoms with E-state index < -0.39 is 5.91 Å². The summed E-state index contributed by atoms with van der Waals surface area (Å²) in [6.07, 6.45) is 1.66. The number of rotatable bonds is 5. The number of benzene rings is 1. The first-order chi connectivity index (χ1) is 12.4. The molecular formula is C17H21BrN6O2. The SMILES string of the molecule is CC(C)C1NNC(C(=O)Nc2ccc(-n3ccc(C(N)=O)n3)cc2)C1Br. The van der Waals surface area contributed by atoms with E-state index in [4.69, 9.17) is 5.73 Å². The van der Waals surface area contributed by atoms with Gasteiger partial charge in [-0.2, -0.15) is 5.10 Å². The van der Waals surface area contributed by atoms with E-state index >= 15 is 0 Å². The fourth-order valence-corrected chi connectivity index (χ4v) is 3.93. The van der Waals surface area contributed by atoms with Crippen LogP contribution in [-0.4, -0.2) is 38.5 Å². The maximum absolute atomic E-state index is 12.5. The van der Waals surface area contributed by atoms with Crippen molar-refractivity contribution in [3.05, 3.63) is 42.2 Å². The lowest BCUT2D eigenvalue weighted by molar-refractivity contribution is -0.117. The van der Waals surface area contributed by atoms with Crippen LogP contribution in [0.3, 0.4) is 0 Å². The first-order valence-electron chi connectivity index (χ1n) is 8.28. The molecule has 0 bridgehead atoms. The number of nitrogens with one attached hydrogen (secondary N) is 3. The maximum Gasteiger partial charge on any atom is 0.269 e. The number of carbonyl (C=O) groups is 2. The minimum Gasteiger partial charge on any atom is -0.364 e. The summed E-state index contributed by atoms with van der Waals surface area (Å²) in [5.41, 5.74) is 13.0. The molecule has 0 radical (unpaired) electrons. The molecule has 1 aliphatic rings. The Morgan fingerprint density at radius 2 is 1.92 bits per heavy atom. The van der Waals surface area contributed by atoms with E-state index in [1.54, 1.807) is 41.2 Å². The van der Waals surface area contributed by atoms with E-state index in [0.29, 0.717) is 11.6 Å². The highest BCUT2D eigenvalue weighted by Gasteiger charge is 2.39. The third-order valence-electron chi connectivity index (χ3n) is 4.31. The van der Waals surface area contributed by atoms with Crippen molar-refractivity contribution in [3.8, 4) is 5.69 Å². The van der Waals surface area contributed by atoms with Gasteiger partial charge in [0.15, 0.2) is 0 Å². The molecule has 9 heteroatoms. The molecule has 26 heavy (non-hydrogen) atoms. The number of alkyl halides is 1. The van der Waals surface area contributed by atoms with Crippen LogP contribution in [0.15, 0.2) is 36.5 Å². The van der Waals surface area contributed by atoms with Gasteiger partial charge < -0.3 is 11.1 Å². The van der Waals surface area contributed by atoms with Gasteiger partial charge in [-0.05, 0) is 36.2 Å². The number of amides is 2. The molecule has 2 amide bonds. The summed E-state index contributed by atoms with van der Waals surface area (Å²) < 4.78 is 1.55. The number of anilines is 1. The Morgan fingerprint density at radius 1 is 1.23 bits per heavy atom. The molecule has 0 spiro atoms. The topological polar surface area (TPSA) is 114 Å². The number of nitrogens with two attached hydrogens (primary N) is 1. The average Bonchev–Trinajstić information content (AvgIpc) is 3.22. The van der Waals surface area contributed by atoms with Crippen molar-refractivity contribution in [2.24, 2.45) is 11.7 Å². The van der Waals surface area contributed by atoms with Crippen molar-refractivity contribution in [3.63, 3.8) is 0 Å². The lowest BCUT2D eigenvalue weighted by Crippen LogP contribution is -2.42. The highest BCUT2D eigenvalue weighted by molar-refractivity contribution is 9.09. The number of halogens is 1. The lowest BCUT2D eigenvalue weighted by Gasteiger charge is -2.19. The Labute approximate surface area is 159 Å². The third-order valence-corrected chi connectivity index (χ3v) is 5.41. The van der Waals surface area contributed by atoms with Gasteiger partial charge in [0, 0.05) is 17.9 Å². The maximum atomic E-state index is 12.5. The Morgan fingerprint density at radius 3 is 2.46 bits per heavy atom. The van der Waals surface area contributed by atoms with Crippen molar-refractivity contribution in [1.82, 2.24) is 20.6 Å². The van der Waals surface area contributed by atoms with Crippen LogP contribution < -0.4 is 21.9 Å². The first-order valence-corrected chi connectivity index (χ1v) is 9.20. The van der Waals surface area contributed by atoms with Gasteiger partial charge in [0.1, 0.15) is 11.7 Å². The van der Waals surface area contributed by atoms with Crippen molar-refractivity contribution in [2.75, 3.05) is 5.32 Å². The molecule has 2 aromatic rings. The summed E-state index contributed by atoms with van der Waals surface area (Å²) in [6, 6.07) is 8.53. The minimum atomic E-state index is -0.575. The summed E-state index contributed by atoms with van der Waals surface area (Å²) in [6.45, 7) is 4.21. The zero-order valence-corrected chi connectivity index (χ0v) is 16.0. The first kappa shape index (κ1) is 18.6. The predicted octanol–water partition coefficient (Wildman–Crippen LogP) is 1.17. The Balaban J connectivity index is 1.65. The normalized spacial score (nSPS) is 22.5. The van der Waals surface area contributed by atoms with Crippen LogP contribution in [0.5, 0.6) is 0 Å². The van der Waals surface area contributed by atoms with Gasteiger partial charge in [0.05, 0.1) is 10.5 Å². The second-order valence-electron chi connectivity index (χ2n) is 6.53. The monoisotopic (exact) mass is 420 g/mol. The van der Waals surface area contributed by atoms with Crippen LogP contribution in [0.1, 0.15) is 24.3 Å². The Hall–Kier alpha value is -2.23. The van der Waals surface area contributed by atoms with Crippen molar-refractivity contribution in [2.45, 2.75) is 30.8 Å². The standard InChI is InChI=1S/C17H21BrN6O2/c1-9(2)14-13(18)15(22-21-14)17(26)20-10-3-5-11(6-4-10)24-8-7-12(23-24)16(19)25/h3-9,13-15,21-22H,1-2H3,(H2,19,25)(H,20,26). The molecule has 0 saturated carbocycles. The van der Waals surface area contributed by atoms with E-state index in [2.05, 4.69) is 51.0 Å². The van der Waals surface area contributed by atoms with Crippen molar-refractivity contribution < 1.29 is 9.59 Å². The number of hydrogen-bond donors (Lipinski definition) is 4. The van der Waals surface area contributed by atoms with Crippen LogP contribution in [0.4, 0.5) is 5.69 Å². The van der Waals surface area contributed by atoms with E-state index in [-0.39, 0.29) is 28.5 Å². The number of hydrogen-bond acceptors (Lipinski definition) is 5. The summed E-state index contributed by atoms with van der Waals surface area (Å²) in [5.74, 6) is -0.303. The van der Waals surface area contributed by atoms with Crippen LogP contribution in [-0.2, 0) is 4.79 Å². The van der Waals surface area contributed by atoms with Crippen LogP contribution in [0.2, 0.25) is 0 Å². The second kappa shape index (κ2) is 7.56. The van der Waals surface area contributed by atoms with Gasteiger partial charge in [0.2, 0.25) is 5.91 Å². The number of nitrogens with zero attached hydrogens (tertiary/aromatic N) is 2. The van der Waals surface area contributed by atoms with Gasteiger partial charge in [-0.3, -0.25) is 15.0 Å². The molecule has 2 heterocycles. The van der Waals surface area contributed by atoms with Crippen LogP contribution in [0.25, 0.3) is 5.69 Å². The van der Waals surface area contributed by atoms with Gasteiger partial charge in [-0.15, -0.1) is 0 Å². The van der Waals surface area contributed by atoms with Gasteiger partial charge in [0.25, 0.3) is 5.91 Å². The van der Waals surface area contributed by atoms with Crippen molar-refractivity contribution >= 4 is 33.4 Å². The third kappa shape index (κ3) is 3.79. The van der Waals surface area contributed by atoms with Crippen molar-refractivity contribution in [1.29, 1.82) is 0 Å². The largest absolute Gasteiger partial charge is 0.364 e. The van der Waals surface area contributed by atoms with E-state index in [0.717, 1.165) is 5.69 Å². The number of aromatic nitrogens is 2. The van der Waals surface area contributed by atoms with E-state index in [1.807, 2.05) is 0 Å². The smallest absolute Gasteiger partial charge is 0.269 e. The molecule has 3 rings (SSSR count). The lowest BCUT2D eigenvalue weighted by atomic mass is 9.99. The fraction of sp³-hybridized carbons (Fsp3) is 0.353.